The van der Waals surface area contributed by atoms with Gasteiger partial charge in [-0.05, 0) is 12.8 Å². The highest BCUT2D eigenvalue weighted by Crippen LogP contribution is 2.45. The maximum absolute atomic E-state index is 11.3. The van der Waals surface area contributed by atoms with Gasteiger partial charge in [-0.1, -0.05) is 25.7 Å². The fraction of sp³-hybridized carbons (Fsp3) is 0.889. The first-order chi connectivity index (χ1) is 6.96. The molecule has 0 N–H and O–H groups in total. The molecule has 1 saturated carbocycles. The summed E-state index contributed by atoms with van der Waals surface area (Å²) in [4.78, 5) is 11.3. The number of hydrogen-bond donors (Lipinski definition) is 0. The summed E-state index contributed by atoms with van der Waals surface area (Å²) >= 11 is 0. The molecule has 0 unspecified atom stereocenters. The molecule has 0 aromatic carbocycles. The molecule has 0 aromatic rings. The molecule has 2 aliphatic rings. The Morgan fingerprint density at radius 3 is 2.07 bits per heavy atom. The Morgan fingerprint density at radius 2 is 1.67 bits per heavy atom. The van der Waals surface area contributed by atoms with E-state index in [1.807, 2.05) is 0 Å². The lowest BCUT2D eigenvalue weighted by molar-refractivity contribution is -0.146. The van der Waals surface area contributed by atoms with Crippen LogP contribution in [0.1, 0.15) is 44.9 Å². The van der Waals surface area contributed by atoms with Crippen LogP contribution in [0.15, 0.2) is 0 Å². The van der Waals surface area contributed by atoms with Gasteiger partial charge in [-0.3, -0.25) is 4.79 Å². The fourth-order valence-corrected chi connectivity index (χ4v) is 4.41. The Morgan fingerprint density at radius 1 is 1.13 bits per heavy atom. The lowest BCUT2D eigenvalue weighted by Crippen LogP contribution is -2.64. The van der Waals surface area contributed by atoms with Crippen LogP contribution in [0.3, 0.4) is 0 Å². The zero-order valence-electron chi connectivity index (χ0n) is 8.41. The summed E-state index contributed by atoms with van der Waals surface area (Å²) in [6, 6.07) is 0. The normalized spacial score (nSPS) is 26.2. The number of β-lactam (4-membered cyclic amide) rings is 1. The predicted molar refractivity (Wildman–Crippen MR) is 56.7 cm³/mol. The predicted octanol–water partition coefficient (Wildman–Crippen LogP) is 1.80. The van der Waals surface area contributed by atoms with Crippen LogP contribution in [0.5, 0.6) is 0 Å². The van der Waals surface area contributed by atoms with E-state index < -0.39 is 14.8 Å². The Hall–Kier alpha value is -0.290. The maximum Gasteiger partial charge on any atom is 0.324 e. The number of carbonyl (C=O) groups is 1. The van der Waals surface area contributed by atoms with E-state index in [-0.39, 0.29) is 5.91 Å². The molecule has 1 amide bonds. The van der Waals surface area contributed by atoms with E-state index in [9.17, 15) is 13.2 Å². The molecule has 1 spiro atoms. The molecule has 4 nitrogen and oxygen atoms in total. The first-order valence-corrected chi connectivity index (χ1v) is 7.50. The molecule has 2 fully saturated rings. The second-order valence-electron chi connectivity index (χ2n) is 4.42. The first-order valence-electron chi connectivity index (χ1n) is 5.24. The third-order valence-corrected chi connectivity index (χ3v) is 4.83. The molecule has 1 aliphatic carbocycles. The summed E-state index contributed by atoms with van der Waals surface area (Å²) in [6.07, 6.45) is 6.08. The van der Waals surface area contributed by atoms with Crippen molar-refractivity contribution in [2.45, 2.75) is 50.5 Å². The van der Waals surface area contributed by atoms with E-state index in [0.29, 0.717) is 6.42 Å². The van der Waals surface area contributed by atoms with Gasteiger partial charge in [-0.25, -0.2) is 4.31 Å². The number of rotatable bonds is 1. The molecular formula is C9H14ClNO3S. The Balaban J connectivity index is 2.25. The molecule has 1 saturated heterocycles. The van der Waals surface area contributed by atoms with Crippen molar-refractivity contribution in [1.29, 1.82) is 0 Å². The zero-order valence-corrected chi connectivity index (χ0v) is 9.98. The molecule has 15 heavy (non-hydrogen) atoms. The van der Waals surface area contributed by atoms with E-state index in [4.69, 9.17) is 10.7 Å². The van der Waals surface area contributed by atoms with E-state index in [2.05, 4.69) is 0 Å². The van der Waals surface area contributed by atoms with Crippen molar-refractivity contribution in [2.75, 3.05) is 0 Å². The largest absolute Gasteiger partial charge is 0.324 e. The molecule has 1 aliphatic heterocycles. The maximum atomic E-state index is 11.3. The Labute approximate surface area is 94.1 Å². The molecular weight excluding hydrogens is 238 g/mol. The third kappa shape index (κ3) is 1.87. The van der Waals surface area contributed by atoms with Crippen LogP contribution in [-0.2, 0) is 14.0 Å². The summed E-state index contributed by atoms with van der Waals surface area (Å²) in [7, 11) is 1.40. The molecule has 0 bridgehead atoms. The van der Waals surface area contributed by atoms with E-state index in [1.54, 1.807) is 0 Å². The topological polar surface area (TPSA) is 54.5 Å². The zero-order chi connectivity index (χ0) is 11.1. The molecule has 86 valence electrons. The third-order valence-electron chi connectivity index (χ3n) is 3.39. The summed E-state index contributed by atoms with van der Waals surface area (Å²) < 4.78 is 23.5. The van der Waals surface area contributed by atoms with Crippen LogP contribution >= 0.6 is 10.7 Å². The van der Waals surface area contributed by atoms with Crippen molar-refractivity contribution in [3.8, 4) is 0 Å². The highest BCUT2D eigenvalue weighted by molar-refractivity contribution is 8.12. The van der Waals surface area contributed by atoms with Gasteiger partial charge in [-0.15, -0.1) is 0 Å². The van der Waals surface area contributed by atoms with Crippen LogP contribution in [0.4, 0.5) is 0 Å². The fourth-order valence-electron chi connectivity index (χ4n) is 2.72. The minimum absolute atomic E-state index is 0.346. The number of amides is 1. The smallest absolute Gasteiger partial charge is 0.274 e. The van der Waals surface area contributed by atoms with Gasteiger partial charge in [-0.2, -0.15) is 8.42 Å². The van der Waals surface area contributed by atoms with Crippen molar-refractivity contribution in [3.63, 3.8) is 0 Å². The number of halogens is 1. The van der Waals surface area contributed by atoms with Crippen molar-refractivity contribution in [1.82, 2.24) is 4.31 Å². The van der Waals surface area contributed by atoms with Gasteiger partial charge in [0.15, 0.2) is 0 Å². The molecule has 0 aromatic heterocycles. The van der Waals surface area contributed by atoms with E-state index in [1.165, 1.54) is 0 Å². The average Bonchev–Trinajstić information content (AvgIpc) is 2.27. The summed E-state index contributed by atoms with van der Waals surface area (Å²) in [5, 5.41) is 0. The minimum atomic E-state index is -3.88. The van der Waals surface area contributed by atoms with Crippen LogP contribution < -0.4 is 0 Å². The monoisotopic (exact) mass is 251 g/mol. The van der Waals surface area contributed by atoms with Gasteiger partial charge in [0.05, 0.1) is 12.0 Å². The van der Waals surface area contributed by atoms with Crippen LogP contribution in [0.25, 0.3) is 0 Å². The van der Waals surface area contributed by atoms with Gasteiger partial charge in [0.2, 0.25) is 5.91 Å². The van der Waals surface area contributed by atoms with Crippen molar-refractivity contribution < 1.29 is 13.2 Å². The standard InChI is InChI=1S/C9H14ClNO3S/c10-15(13,14)11-8(12)7-9(11)5-3-1-2-4-6-9/h1-7H2. The number of nitrogens with zero attached hydrogens (tertiary/aromatic N) is 1. The molecule has 6 heteroatoms. The molecule has 0 radical (unpaired) electrons. The lowest BCUT2D eigenvalue weighted by atomic mass is 9.80. The average molecular weight is 252 g/mol. The minimum Gasteiger partial charge on any atom is -0.274 e. The van der Waals surface area contributed by atoms with Crippen LogP contribution in [0.2, 0.25) is 0 Å². The van der Waals surface area contributed by atoms with Gasteiger partial charge in [0, 0.05) is 10.7 Å². The highest BCUT2D eigenvalue weighted by Gasteiger charge is 2.55. The SMILES string of the molecule is O=C1CC2(CCCCCC2)N1S(=O)(=O)Cl. The van der Waals surface area contributed by atoms with Crippen LogP contribution in [-0.4, -0.2) is 24.2 Å². The second-order valence-corrected chi connectivity index (χ2v) is 6.77. The molecule has 0 atom stereocenters. The summed E-state index contributed by atoms with van der Waals surface area (Å²) in [5.41, 5.74) is -0.478. The van der Waals surface area contributed by atoms with E-state index in [0.717, 1.165) is 42.8 Å². The summed E-state index contributed by atoms with van der Waals surface area (Å²) in [6.45, 7) is 0. The Kier molecular flexibility index (Phi) is 2.71. The Bertz CT molecular complexity index is 371. The van der Waals surface area contributed by atoms with Crippen LogP contribution in [0, 0.1) is 0 Å². The lowest BCUT2D eigenvalue weighted by Gasteiger charge is -2.49. The first kappa shape index (κ1) is 11.2. The second kappa shape index (κ2) is 3.63. The van der Waals surface area contributed by atoms with Gasteiger partial charge in [0.1, 0.15) is 0 Å². The van der Waals surface area contributed by atoms with Crippen molar-refractivity contribution >= 4 is 25.8 Å². The van der Waals surface area contributed by atoms with Gasteiger partial charge >= 0.3 is 9.24 Å². The highest BCUT2D eigenvalue weighted by atomic mass is 35.7. The quantitative estimate of drug-likeness (QED) is 0.527. The van der Waals surface area contributed by atoms with E-state index >= 15 is 0 Å². The van der Waals surface area contributed by atoms with Crippen molar-refractivity contribution in [2.24, 2.45) is 0 Å². The van der Waals surface area contributed by atoms with Crippen molar-refractivity contribution in [3.05, 3.63) is 0 Å². The van der Waals surface area contributed by atoms with Gasteiger partial charge < -0.3 is 0 Å². The molecule has 1 heterocycles. The van der Waals surface area contributed by atoms with Gasteiger partial charge in [0.25, 0.3) is 0 Å². The molecule has 2 rings (SSSR count). The summed E-state index contributed by atoms with van der Waals surface area (Å²) in [5.74, 6) is -0.355. The number of carbonyl (C=O) groups excluding carboxylic acids is 1. The number of hydrogen-bond acceptors (Lipinski definition) is 3.